The minimum Gasteiger partial charge on any atom is -0.481 e. The van der Waals surface area contributed by atoms with Crippen LogP contribution < -0.4 is 0 Å². The average molecular weight is 374 g/mol. The third-order valence-electron chi connectivity index (χ3n) is 4.60. The topological polar surface area (TPSA) is 93.4 Å². The zero-order valence-electron chi connectivity index (χ0n) is 14.2. The van der Waals surface area contributed by atoms with E-state index in [2.05, 4.69) is 0 Å². The van der Waals surface area contributed by atoms with Crippen LogP contribution in [0.2, 0.25) is 5.02 Å². The highest BCUT2D eigenvalue weighted by atomic mass is 35.5. The smallest absolute Gasteiger partial charge is 0.312 e. The van der Waals surface area contributed by atoms with Crippen molar-refractivity contribution in [1.82, 2.24) is 4.57 Å². The summed E-state index contributed by atoms with van der Waals surface area (Å²) >= 11 is 6.21. The van der Waals surface area contributed by atoms with Crippen molar-refractivity contribution in [3.8, 4) is 0 Å². The maximum atomic E-state index is 13.0. The molecular weight excluding hydrogens is 358 g/mol. The van der Waals surface area contributed by atoms with Crippen molar-refractivity contribution in [3.05, 3.63) is 57.4 Å². The number of aromatic nitrogens is 1. The Kier molecular flexibility index (Phi) is 4.54. The summed E-state index contributed by atoms with van der Waals surface area (Å²) in [5.41, 5.74) is 1.35. The lowest BCUT2D eigenvalue weighted by Crippen LogP contribution is -2.12. The zero-order chi connectivity index (χ0) is 19.2. The lowest BCUT2D eigenvalue weighted by molar-refractivity contribution is -0.138. The first-order valence-electron chi connectivity index (χ1n) is 8.04. The van der Waals surface area contributed by atoms with Gasteiger partial charge in [-0.1, -0.05) is 11.6 Å². The number of Topliss-reactive ketones (excluding diaryl/α,β-unsaturated/α-hetero) is 2. The quantitative estimate of drug-likeness (QED) is 0.811. The highest BCUT2D eigenvalue weighted by Gasteiger charge is 2.34. The molecule has 134 valence electrons. The molecule has 0 saturated heterocycles. The van der Waals surface area contributed by atoms with Crippen molar-refractivity contribution < 1.29 is 24.3 Å². The molecule has 1 aliphatic heterocycles. The number of carboxylic acids is 1. The predicted octanol–water partition coefficient (Wildman–Crippen LogP) is 3.35. The van der Waals surface area contributed by atoms with Gasteiger partial charge in [0.1, 0.15) is 5.69 Å². The first kappa shape index (κ1) is 18.1. The fourth-order valence-corrected chi connectivity index (χ4v) is 3.55. The maximum Gasteiger partial charge on any atom is 0.312 e. The van der Waals surface area contributed by atoms with Crippen molar-refractivity contribution in [2.24, 2.45) is 0 Å². The number of aliphatic carboxylic acids is 1. The number of benzene rings is 1. The Balaban J connectivity index is 2.12. The number of hydrogen-bond donors (Lipinski definition) is 1. The van der Waals surface area contributed by atoms with Crippen LogP contribution in [-0.2, 0) is 11.3 Å². The minimum atomic E-state index is -0.964. The maximum absolute atomic E-state index is 13.0. The molecule has 6 nitrogen and oxygen atoms in total. The molecule has 1 aromatic carbocycles. The van der Waals surface area contributed by atoms with Crippen LogP contribution in [0.1, 0.15) is 68.6 Å². The number of carbonyl (C=O) groups excluding carboxylic acids is 3. The van der Waals surface area contributed by atoms with Crippen LogP contribution >= 0.6 is 11.6 Å². The van der Waals surface area contributed by atoms with Crippen LogP contribution in [0.25, 0.3) is 0 Å². The third-order valence-corrected chi connectivity index (χ3v) is 4.89. The van der Waals surface area contributed by atoms with Crippen molar-refractivity contribution in [2.45, 2.75) is 32.7 Å². The van der Waals surface area contributed by atoms with Gasteiger partial charge in [-0.25, -0.2) is 0 Å². The Bertz CT molecular complexity index is 940. The van der Waals surface area contributed by atoms with Crippen LogP contribution in [0.3, 0.4) is 0 Å². The van der Waals surface area contributed by atoms with E-state index in [1.54, 1.807) is 4.57 Å². The number of fused-ring (bicyclic) bond motifs is 1. The second-order valence-electron chi connectivity index (χ2n) is 6.34. The van der Waals surface area contributed by atoms with Gasteiger partial charge in [-0.3, -0.25) is 19.2 Å². The molecule has 2 aromatic rings. The van der Waals surface area contributed by atoms with Crippen LogP contribution in [0, 0.1) is 0 Å². The van der Waals surface area contributed by atoms with Gasteiger partial charge in [-0.2, -0.15) is 0 Å². The molecule has 0 aliphatic carbocycles. The van der Waals surface area contributed by atoms with E-state index >= 15 is 0 Å². The van der Waals surface area contributed by atoms with E-state index in [0.29, 0.717) is 18.7 Å². The van der Waals surface area contributed by atoms with Gasteiger partial charge in [0.25, 0.3) is 0 Å². The number of ketones is 3. The Hall–Kier alpha value is -2.73. The molecule has 3 rings (SSSR count). The molecule has 0 saturated carbocycles. The molecule has 1 aliphatic rings. The first-order chi connectivity index (χ1) is 12.2. The van der Waals surface area contributed by atoms with Crippen molar-refractivity contribution >= 4 is 34.9 Å². The van der Waals surface area contributed by atoms with E-state index in [1.807, 2.05) is 0 Å². The summed E-state index contributed by atoms with van der Waals surface area (Å²) in [6, 6.07) is 5.81. The van der Waals surface area contributed by atoms with Gasteiger partial charge in [0, 0.05) is 28.9 Å². The van der Waals surface area contributed by atoms with Gasteiger partial charge in [-0.15, -0.1) is 0 Å². The summed E-state index contributed by atoms with van der Waals surface area (Å²) in [4.78, 5) is 47.9. The number of carboxylic acid groups (broad SMARTS) is 1. The van der Waals surface area contributed by atoms with E-state index in [0.717, 1.165) is 0 Å². The molecule has 0 bridgehead atoms. The van der Waals surface area contributed by atoms with Gasteiger partial charge in [0.05, 0.1) is 10.9 Å². The van der Waals surface area contributed by atoms with Gasteiger partial charge in [0.2, 0.25) is 5.78 Å². The van der Waals surface area contributed by atoms with E-state index < -0.39 is 17.7 Å². The third kappa shape index (κ3) is 2.97. The lowest BCUT2D eigenvalue weighted by Gasteiger charge is -2.09. The molecule has 7 heteroatoms. The first-order valence-corrected chi connectivity index (χ1v) is 8.42. The molecule has 0 amide bonds. The van der Waals surface area contributed by atoms with Gasteiger partial charge < -0.3 is 9.67 Å². The van der Waals surface area contributed by atoms with Crippen LogP contribution in [0.5, 0.6) is 0 Å². The highest BCUT2D eigenvalue weighted by molar-refractivity contribution is 6.35. The standard InChI is InChI=1S/C19H16ClNO5/c1-9(22)11-5-12(10(2)23)7-13(6-11)18(24)17-15(20)8-16-14(19(25)26)3-4-21(16)17/h5-8,14H,3-4H2,1-2H3,(H,25,26). The van der Waals surface area contributed by atoms with Crippen molar-refractivity contribution in [2.75, 3.05) is 0 Å². The Morgan fingerprint density at radius 2 is 1.54 bits per heavy atom. The lowest BCUT2D eigenvalue weighted by atomic mass is 9.98. The highest BCUT2D eigenvalue weighted by Crippen LogP contribution is 2.36. The van der Waals surface area contributed by atoms with Gasteiger partial charge >= 0.3 is 5.97 Å². The molecule has 26 heavy (non-hydrogen) atoms. The van der Waals surface area contributed by atoms with Crippen LogP contribution in [-0.4, -0.2) is 33.0 Å². The zero-order valence-corrected chi connectivity index (χ0v) is 15.0. The largest absolute Gasteiger partial charge is 0.481 e. The summed E-state index contributed by atoms with van der Waals surface area (Å²) in [7, 11) is 0. The molecule has 1 unspecified atom stereocenters. The number of carbonyl (C=O) groups is 4. The number of nitrogens with zero attached hydrogens (tertiary/aromatic N) is 1. The van der Waals surface area contributed by atoms with Gasteiger partial charge in [0.15, 0.2) is 11.6 Å². The fourth-order valence-electron chi connectivity index (χ4n) is 3.25. The SMILES string of the molecule is CC(=O)c1cc(C(C)=O)cc(C(=O)c2c(Cl)cc3n2CCC3C(=O)O)c1. The molecule has 0 radical (unpaired) electrons. The van der Waals surface area contributed by atoms with Crippen molar-refractivity contribution in [3.63, 3.8) is 0 Å². The Morgan fingerprint density at radius 1 is 1.00 bits per heavy atom. The predicted molar refractivity (Wildman–Crippen MR) is 94.3 cm³/mol. The number of halogens is 1. The molecule has 1 aromatic heterocycles. The molecule has 0 fully saturated rings. The number of hydrogen-bond acceptors (Lipinski definition) is 4. The summed E-state index contributed by atoms with van der Waals surface area (Å²) in [6.45, 7) is 3.08. The van der Waals surface area contributed by atoms with E-state index in [-0.39, 0.29) is 39.0 Å². The summed E-state index contributed by atoms with van der Waals surface area (Å²) in [5.74, 6) is -2.64. The molecule has 1 atom stereocenters. The van der Waals surface area contributed by atoms with Gasteiger partial charge in [-0.05, 0) is 44.5 Å². The van der Waals surface area contributed by atoms with E-state index in [1.165, 1.54) is 38.1 Å². The summed E-state index contributed by atoms with van der Waals surface area (Å²) in [5, 5.41) is 9.46. The Labute approximate surface area is 154 Å². The van der Waals surface area contributed by atoms with E-state index in [4.69, 9.17) is 11.6 Å². The Morgan fingerprint density at radius 3 is 2.04 bits per heavy atom. The molecule has 2 heterocycles. The second-order valence-corrected chi connectivity index (χ2v) is 6.74. The second kappa shape index (κ2) is 6.53. The minimum absolute atomic E-state index is 0.161. The average Bonchev–Trinajstić information content (AvgIpc) is 3.11. The monoisotopic (exact) mass is 373 g/mol. The van der Waals surface area contributed by atoms with Crippen molar-refractivity contribution in [1.29, 1.82) is 0 Å². The van der Waals surface area contributed by atoms with E-state index in [9.17, 15) is 24.3 Å². The van der Waals surface area contributed by atoms with Crippen LogP contribution in [0.15, 0.2) is 24.3 Å². The number of rotatable bonds is 5. The fraction of sp³-hybridized carbons (Fsp3) is 0.263. The summed E-state index contributed by atoms with van der Waals surface area (Å²) < 4.78 is 1.61. The van der Waals surface area contributed by atoms with Crippen LogP contribution in [0.4, 0.5) is 0 Å². The molecule has 0 spiro atoms. The molecular formula is C19H16ClNO5. The summed E-state index contributed by atoms with van der Waals surface area (Å²) in [6.07, 6.45) is 0.383. The normalized spacial score (nSPS) is 15.6. The molecule has 1 N–H and O–H groups in total.